The van der Waals surface area contributed by atoms with Gasteiger partial charge in [0, 0.05) is 10.5 Å². The first-order valence-electron chi connectivity index (χ1n) is 5.84. The van der Waals surface area contributed by atoms with E-state index in [1.54, 1.807) is 0 Å². The summed E-state index contributed by atoms with van der Waals surface area (Å²) >= 11 is 3.29. The summed E-state index contributed by atoms with van der Waals surface area (Å²) in [5.74, 6) is 0.903. The average molecular weight is 298 g/mol. The summed E-state index contributed by atoms with van der Waals surface area (Å²) in [5, 5.41) is 0. The third-order valence-electron chi connectivity index (χ3n) is 2.61. The van der Waals surface area contributed by atoms with Crippen molar-refractivity contribution in [1.82, 2.24) is 0 Å². The molecule has 3 heteroatoms. The third-order valence-corrected chi connectivity index (χ3v) is 2.84. The lowest BCUT2D eigenvalue weighted by Gasteiger charge is -2.15. The van der Waals surface area contributed by atoms with E-state index < -0.39 is 0 Å². The highest BCUT2D eigenvalue weighted by Gasteiger charge is 2.08. The number of hydrogen-bond donors (Lipinski definition) is 1. The molecule has 0 aliphatic carbocycles. The van der Waals surface area contributed by atoms with Crippen LogP contribution in [0.2, 0.25) is 0 Å². The molecule has 17 heavy (non-hydrogen) atoms. The van der Waals surface area contributed by atoms with Crippen LogP contribution < -0.4 is 10.5 Å². The van der Waals surface area contributed by atoms with Crippen molar-refractivity contribution < 1.29 is 4.74 Å². The summed E-state index contributed by atoms with van der Waals surface area (Å²) in [7, 11) is 0. The molecule has 1 aromatic rings. The van der Waals surface area contributed by atoms with Crippen molar-refractivity contribution in [2.24, 2.45) is 5.73 Å². The normalized spacial score (nSPS) is 12.2. The van der Waals surface area contributed by atoms with Crippen molar-refractivity contribution in [3.05, 3.63) is 40.4 Å². The monoisotopic (exact) mass is 297 g/mol. The second-order valence-corrected chi connectivity index (χ2v) is 5.41. The van der Waals surface area contributed by atoms with Gasteiger partial charge in [-0.15, -0.1) is 0 Å². The van der Waals surface area contributed by atoms with Crippen LogP contribution in [0.25, 0.3) is 0 Å². The standard InChI is InChI=1S/C14H20BrNO/c1-4-13(16)8-12-7-10(2)5-6-14(12)17-9-11(3)15/h5-7,13H,3-4,8-9,16H2,1-2H3. The second-order valence-electron chi connectivity index (χ2n) is 4.29. The van der Waals surface area contributed by atoms with Gasteiger partial charge >= 0.3 is 0 Å². The van der Waals surface area contributed by atoms with Crippen LogP contribution in [0.4, 0.5) is 0 Å². The molecular formula is C14H20BrNO. The van der Waals surface area contributed by atoms with Crippen LogP contribution in [0.15, 0.2) is 29.3 Å². The maximum atomic E-state index is 6.00. The number of benzene rings is 1. The fourth-order valence-corrected chi connectivity index (χ4v) is 1.71. The van der Waals surface area contributed by atoms with Gasteiger partial charge in [0.2, 0.25) is 0 Å². The molecule has 0 fully saturated rings. The number of nitrogens with two attached hydrogens (primary N) is 1. The summed E-state index contributed by atoms with van der Waals surface area (Å²) in [6, 6.07) is 6.38. The van der Waals surface area contributed by atoms with Gasteiger partial charge in [-0.25, -0.2) is 0 Å². The molecule has 0 aliphatic rings. The Bertz CT molecular complexity index is 390. The number of aryl methyl sites for hydroxylation is 1. The highest BCUT2D eigenvalue weighted by molar-refractivity contribution is 9.11. The van der Waals surface area contributed by atoms with Crippen LogP contribution in [0.1, 0.15) is 24.5 Å². The molecule has 2 N–H and O–H groups in total. The first-order valence-corrected chi connectivity index (χ1v) is 6.63. The lowest BCUT2D eigenvalue weighted by atomic mass is 10.0. The number of rotatable bonds is 6. The van der Waals surface area contributed by atoms with Gasteiger partial charge in [-0.05, 0) is 31.4 Å². The van der Waals surface area contributed by atoms with E-state index in [1.165, 1.54) is 11.1 Å². The Labute approximate surface area is 112 Å². The van der Waals surface area contributed by atoms with E-state index >= 15 is 0 Å². The Kier molecular flexibility index (Phi) is 5.72. The molecule has 0 aliphatic heterocycles. The molecule has 0 saturated heterocycles. The Morgan fingerprint density at radius 2 is 2.24 bits per heavy atom. The summed E-state index contributed by atoms with van der Waals surface area (Å²) < 4.78 is 6.53. The quantitative estimate of drug-likeness (QED) is 0.871. The van der Waals surface area contributed by atoms with E-state index in [1.807, 2.05) is 12.1 Å². The van der Waals surface area contributed by atoms with Crippen LogP contribution in [0, 0.1) is 6.92 Å². The Morgan fingerprint density at radius 3 is 2.82 bits per heavy atom. The fraction of sp³-hybridized carbons (Fsp3) is 0.429. The van der Waals surface area contributed by atoms with Gasteiger partial charge in [-0.2, -0.15) is 0 Å². The smallest absolute Gasteiger partial charge is 0.123 e. The van der Waals surface area contributed by atoms with Crippen LogP contribution in [-0.4, -0.2) is 12.6 Å². The number of halogens is 1. The third kappa shape index (κ3) is 4.92. The lowest BCUT2D eigenvalue weighted by Crippen LogP contribution is -2.21. The Morgan fingerprint density at radius 1 is 1.53 bits per heavy atom. The van der Waals surface area contributed by atoms with Gasteiger partial charge in [-0.1, -0.05) is 47.1 Å². The van der Waals surface area contributed by atoms with Gasteiger partial charge in [0.1, 0.15) is 12.4 Å². The molecule has 0 spiro atoms. The predicted molar refractivity (Wildman–Crippen MR) is 76.7 cm³/mol. The Hall–Kier alpha value is -0.800. The highest BCUT2D eigenvalue weighted by Crippen LogP contribution is 2.22. The van der Waals surface area contributed by atoms with Crippen molar-refractivity contribution >= 4 is 15.9 Å². The van der Waals surface area contributed by atoms with Gasteiger partial charge in [0.05, 0.1) is 0 Å². The predicted octanol–water partition coefficient (Wildman–Crippen LogP) is 3.56. The van der Waals surface area contributed by atoms with Gasteiger partial charge in [-0.3, -0.25) is 0 Å². The largest absolute Gasteiger partial charge is 0.488 e. The van der Waals surface area contributed by atoms with Crippen LogP contribution in [0.5, 0.6) is 5.75 Å². The molecule has 0 aromatic heterocycles. The zero-order valence-electron chi connectivity index (χ0n) is 10.5. The molecule has 1 rings (SSSR count). The maximum absolute atomic E-state index is 6.00. The average Bonchev–Trinajstić information content (AvgIpc) is 2.27. The van der Waals surface area contributed by atoms with Crippen LogP contribution >= 0.6 is 15.9 Å². The molecule has 0 radical (unpaired) electrons. The molecule has 94 valence electrons. The summed E-state index contributed by atoms with van der Waals surface area (Å²) in [6.07, 6.45) is 1.82. The molecule has 0 saturated carbocycles. The summed E-state index contributed by atoms with van der Waals surface area (Å²) in [4.78, 5) is 0. The Balaban J connectivity index is 2.83. The van der Waals surface area contributed by atoms with Crippen molar-refractivity contribution in [3.63, 3.8) is 0 Å². The van der Waals surface area contributed by atoms with E-state index in [0.29, 0.717) is 6.61 Å². The number of hydrogen-bond acceptors (Lipinski definition) is 2. The molecular weight excluding hydrogens is 278 g/mol. The molecule has 1 aromatic carbocycles. The fourth-order valence-electron chi connectivity index (χ4n) is 1.59. The van der Waals surface area contributed by atoms with Crippen LogP contribution in [-0.2, 0) is 6.42 Å². The van der Waals surface area contributed by atoms with Gasteiger partial charge in [0.25, 0.3) is 0 Å². The highest BCUT2D eigenvalue weighted by atomic mass is 79.9. The van der Waals surface area contributed by atoms with Gasteiger partial charge in [0.15, 0.2) is 0 Å². The molecule has 2 nitrogen and oxygen atoms in total. The minimum absolute atomic E-state index is 0.186. The molecule has 0 heterocycles. The van der Waals surface area contributed by atoms with Crippen molar-refractivity contribution in [1.29, 1.82) is 0 Å². The number of ether oxygens (including phenoxy) is 1. The first-order chi connectivity index (χ1) is 8.02. The van der Waals surface area contributed by atoms with E-state index in [2.05, 4.69) is 42.4 Å². The summed E-state index contributed by atoms with van der Waals surface area (Å²) in [5.41, 5.74) is 8.40. The second kappa shape index (κ2) is 6.82. The molecule has 1 atom stereocenters. The minimum atomic E-state index is 0.186. The topological polar surface area (TPSA) is 35.2 Å². The zero-order valence-corrected chi connectivity index (χ0v) is 12.1. The van der Waals surface area contributed by atoms with Crippen molar-refractivity contribution in [2.75, 3.05) is 6.61 Å². The van der Waals surface area contributed by atoms with E-state index in [-0.39, 0.29) is 6.04 Å². The van der Waals surface area contributed by atoms with Crippen molar-refractivity contribution in [3.8, 4) is 5.75 Å². The zero-order chi connectivity index (χ0) is 12.8. The summed E-state index contributed by atoms with van der Waals surface area (Å²) in [6.45, 7) is 8.42. The minimum Gasteiger partial charge on any atom is -0.488 e. The van der Waals surface area contributed by atoms with Crippen molar-refractivity contribution in [2.45, 2.75) is 32.7 Å². The van der Waals surface area contributed by atoms with Gasteiger partial charge < -0.3 is 10.5 Å². The van der Waals surface area contributed by atoms with E-state index in [9.17, 15) is 0 Å². The van der Waals surface area contributed by atoms with E-state index in [0.717, 1.165) is 23.1 Å². The maximum Gasteiger partial charge on any atom is 0.123 e. The lowest BCUT2D eigenvalue weighted by molar-refractivity contribution is 0.355. The van der Waals surface area contributed by atoms with E-state index in [4.69, 9.17) is 10.5 Å². The van der Waals surface area contributed by atoms with Crippen LogP contribution in [0.3, 0.4) is 0 Å². The molecule has 0 bridgehead atoms. The SMILES string of the molecule is C=C(Br)COc1ccc(C)cc1CC(N)CC. The molecule has 0 amide bonds. The molecule has 1 unspecified atom stereocenters. The first kappa shape index (κ1) is 14.3.